The fourth-order valence-electron chi connectivity index (χ4n) is 2.00. The summed E-state index contributed by atoms with van der Waals surface area (Å²) in [5, 5.41) is 4.11. The molecule has 3 N–H and O–H groups in total. The van der Waals surface area contributed by atoms with E-state index in [-0.39, 0.29) is 5.56 Å². The Morgan fingerprint density at radius 3 is 2.47 bits per heavy atom. The van der Waals surface area contributed by atoms with Crippen LogP contribution in [0.1, 0.15) is 23.0 Å². The molecule has 4 nitrogen and oxygen atoms in total. The van der Waals surface area contributed by atoms with Gasteiger partial charge in [-0.3, -0.25) is 10.5 Å². The molecule has 0 radical (unpaired) electrons. The number of rotatable bonds is 3. The summed E-state index contributed by atoms with van der Waals surface area (Å²) < 4.78 is 41.5. The van der Waals surface area contributed by atoms with E-state index >= 15 is 0 Å². The van der Waals surface area contributed by atoms with Gasteiger partial charge in [0.25, 0.3) is 0 Å². The van der Waals surface area contributed by atoms with Gasteiger partial charge in [0.1, 0.15) is 0 Å². The molecule has 0 saturated heterocycles. The average Bonchev–Trinajstić information content (AvgIpc) is 2.69. The van der Waals surface area contributed by atoms with E-state index in [0.29, 0.717) is 11.4 Å². The molecular formula is C12H13F3N4. The molecule has 0 saturated carbocycles. The zero-order valence-corrected chi connectivity index (χ0v) is 10.4. The summed E-state index contributed by atoms with van der Waals surface area (Å²) in [4.78, 5) is 0. The summed E-state index contributed by atoms with van der Waals surface area (Å²) >= 11 is 0. The topological polar surface area (TPSA) is 55.9 Å². The van der Waals surface area contributed by atoms with Gasteiger partial charge in [-0.2, -0.15) is 5.10 Å². The van der Waals surface area contributed by atoms with Crippen LogP contribution in [0.15, 0.2) is 18.2 Å². The van der Waals surface area contributed by atoms with Crippen LogP contribution < -0.4 is 11.3 Å². The normalized spacial score (nSPS) is 12.7. The minimum Gasteiger partial charge on any atom is -0.271 e. The molecular weight excluding hydrogens is 257 g/mol. The van der Waals surface area contributed by atoms with Crippen LogP contribution in [-0.4, -0.2) is 9.78 Å². The SMILES string of the molecule is Cc1cc(C(NN)c2ccc(F)c(F)c2F)n(C)n1. The van der Waals surface area contributed by atoms with Crippen LogP contribution in [0.2, 0.25) is 0 Å². The van der Waals surface area contributed by atoms with Gasteiger partial charge in [0.15, 0.2) is 17.5 Å². The third-order valence-corrected chi connectivity index (χ3v) is 2.88. The first kappa shape index (κ1) is 13.6. The molecule has 2 aromatic rings. The van der Waals surface area contributed by atoms with Crippen molar-refractivity contribution in [2.45, 2.75) is 13.0 Å². The van der Waals surface area contributed by atoms with Crippen molar-refractivity contribution in [2.75, 3.05) is 0 Å². The smallest absolute Gasteiger partial charge is 0.194 e. The van der Waals surface area contributed by atoms with E-state index in [4.69, 9.17) is 5.84 Å². The monoisotopic (exact) mass is 270 g/mol. The lowest BCUT2D eigenvalue weighted by molar-refractivity contribution is 0.430. The highest BCUT2D eigenvalue weighted by molar-refractivity contribution is 5.31. The second-order valence-electron chi connectivity index (χ2n) is 4.20. The molecule has 0 bridgehead atoms. The van der Waals surface area contributed by atoms with Crippen molar-refractivity contribution in [1.82, 2.24) is 15.2 Å². The molecule has 0 aliphatic heterocycles. The molecule has 0 aliphatic carbocycles. The van der Waals surface area contributed by atoms with Crippen LogP contribution in [0.4, 0.5) is 13.2 Å². The minimum atomic E-state index is -1.52. The predicted octanol–water partition coefficient (Wildman–Crippen LogP) is 1.70. The third kappa shape index (κ3) is 2.34. The summed E-state index contributed by atoms with van der Waals surface area (Å²) in [6.45, 7) is 1.76. The molecule has 1 unspecified atom stereocenters. The molecule has 0 spiro atoms. The molecule has 0 fully saturated rings. The highest BCUT2D eigenvalue weighted by Gasteiger charge is 2.23. The number of nitrogens with two attached hydrogens (primary N) is 1. The predicted molar refractivity (Wildman–Crippen MR) is 63.4 cm³/mol. The van der Waals surface area contributed by atoms with Crippen molar-refractivity contribution in [3.05, 3.63) is 52.6 Å². The quantitative estimate of drug-likeness (QED) is 0.507. The molecule has 1 heterocycles. The van der Waals surface area contributed by atoms with E-state index in [1.807, 2.05) is 0 Å². The first-order valence-electron chi connectivity index (χ1n) is 5.55. The van der Waals surface area contributed by atoms with E-state index < -0.39 is 23.5 Å². The summed E-state index contributed by atoms with van der Waals surface area (Å²) in [6, 6.07) is 2.88. The molecule has 1 atom stereocenters. The van der Waals surface area contributed by atoms with E-state index in [1.54, 1.807) is 20.0 Å². The number of aromatic nitrogens is 2. The van der Waals surface area contributed by atoms with Crippen molar-refractivity contribution in [2.24, 2.45) is 12.9 Å². The van der Waals surface area contributed by atoms with Crippen molar-refractivity contribution < 1.29 is 13.2 Å². The summed E-state index contributed by atoms with van der Waals surface area (Å²) in [5.41, 5.74) is 3.56. The molecule has 7 heteroatoms. The molecule has 102 valence electrons. The standard InChI is InChI=1S/C12H13F3N4/c1-6-5-9(19(2)18-6)12(17-16)7-3-4-8(13)11(15)10(7)14/h3-5,12,17H,16H2,1-2H3. The van der Waals surface area contributed by atoms with Crippen LogP contribution in [0, 0.1) is 24.4 Å². The lowest BCUT2D eigenvalue weighted by Crippen LogP contribution is -2.31. The van der Waals surface area contributed by atoms with Gasteiger partial charge in [0.2, 0.25) is 0 Å². The number of aryl methyl sites for hydroxylation is 2. The van der Waals surface area contributed by atoms with Crippen molar-refractivity contribution >= 4 is 0 Å². The van der Waals surface area contributed by atoms with Gasteiger partial charge in [0, 0.05) is 12.6 Å². The number of benzene rings is 1. The maximum atomic E-state index is 13.8. The Kier molecular flexibility index (Phi) is 3.59. The molecule has 0 aliphatic rings. The van der Waals surface area contributed by atoms with Crippen LogP contribution in [0.3, 0.4) is 0 Å². The average molecular weight is 270 g/mol. The maximum Gasteiger partial charge on any atom is 0.194 e. The number of nitrogens with one attached hydrogen (secondary N) is 1. The fourth-order valence-corrected chi connectivity index (χ4v) is 2.00. The van der Waals surface area contributed by atoms with E-state index in [0.717, 1.165) is 12.1 Å². The zero-order chi connectivity index (χ0) is 14.2. The lowest BCUT2D eigenvalue weighted by Gasteiger charge is -2.17. The van der Waals surface area contributed by atoms with Crippen LogP contribution in [-0.2, 0) is 7.05 Å². The first-order chi connectivity index (χ1) is 8.95. The van der Waals surface area contributed by atoms with E-state index in [9.17, 15) is 13.2 Å². The Labute approximate surface area is 108 Å². The Bertz CT molecular complexity index is 609. The Morgan fingerprint density at radius 1 is 1.26 bits per heavy atom. The maximum absolute atomic E-state index is 13.8. The van der Waals surface area contributed by atoms with Crippen LogP contribution >= 0.6 is 0 Å². The van der Waals surface area contributed by atoms with Crippen molar-refractivity contribution in [3.63, 3.8) is 0 Å². The Balaban J connectivity index is 2.54. The van der Waals surface area contributed by atoms with Crippen LogP contribution in [0.5, 0.6) is 0 Å². The number of halogens is 3. The van der Waals surface area contributed by atoms with Crippen molar-refractivity contribution in [3.8, 4) is 0 Å². The van der Waals surface area contributed by atoms with Crippen molar-refractivity contribution in [1.29, 1.82) is 0 Å². The first-order valence-corrected chi connectivity index (χ1v) is 5.55. The summed E-state index contributed by atoms with van der Waals surface area (Å²) in [6.07, 6.45) is 0. The highest BCUT2D eigenvalue weighted by atomic mass is 19.2. The van der Waals surface area contributed by atoms with E-state index in [1.165, 1.54) is 4.68 Å². The summed E-state index contributed by atoms with van der Waals surface area (Å²) in [5.74, 6) is 1.38. The second-order valence-corrected chi connectivity index (χ2v) is 4.20. The molecule has 2 rings (SSSR count). The Morgan fingerprint density at radius 2 is 1.95 bits per heavy atom. The zero-order valence-electron chi connectivity index (χ0n) is 10.4. The van der Waals surface area contributed by atoms with Gasteiger partial charge in [-0.05, 0) is 19.1 Å². The van der Waals surface area contributed by atoms with Gasteiger partial charge in [0.05, 0.1) is 17.4 Å². The van der Waals surface area contributed by atoms with Crippen LogP contribution in [0.25, 0.3) is 0 Å². The van der Waals surface area contributed by atoms with Gasteiger partial charge >= 0.3 is 0 Å². The number of hydrazine groups is 1. The number of hydrogen-bond acceptors (Lipinski definition) is 3. The molecule has 1 aromatic carbocycles. The molecule has 1 aromatic heterocycles. The molecule has 19 heavy (non-hydrogen) atoms. The minimum absolute atomic E-state index is 0.0793. The largest absolute Gasteiger partial charge is 0.271 e. The number of hydrogen-bond donors (Lipinski definition) is 2. The second kappa shape index (κ2) is 5.02. The number of nitrogens with zero attached hydrogens (tertiary/aromatic N) is 2. The third-order valence-electron chi connectivity index (χ3n) is 2.88. The van der Waals surface area contributed by atoms with Gasteiger partial charge in [-0.15, -0.1) is 0 Å². The molecule has 0 amide bonds. The lowest BCUT2D eigenvalue weighted by atomic mass is 10.0. The van der Waals surface area contributed by atoms with E-state index in [2.05, 4.69) is 10.5 Å². The fraction of sp³-hybridized carbons (Fsp3) is 0.250. The highest BCUT2D eigenvalue weighted by Crippen LogP contribution is 2.26. The van der Waals surface area contributed by atoms with Gasteiger partial charge < -0.3 is 0 Å². The summed E-state index contributed by atoms with van der Waals surface area (Å²) in [7, 11) is 1.66. The Hall–Kier alpha value is -1.86. The van der Waals surface area contributed by atoms with Gasteiger partial charge in [-0.25, -0.2) is 18.6 Å². The van der Waals surface area contributed by atoms with Gasteiger partial charge in [-0.1, -0.05) is 6.07 Å².